The Kier molecular flexibility index (Phi) is 6.50. The molecule has 1 aliphatic rings. The molecule has 0 bridgehead atoms. The summed E-state index contributed by atoms with van der Waals surface area (Å²) in [5.41, 5.74) is 4.06. The van der Waals surface area contributed by atoms with Gasteiger partial charge in [-0.1, -0.05) is 11.6 Å². The van der Waals surface area contributed by atoms with E-state index in [-0.39, 0.29) is 24.8 Å². The lowest BCUT2D eigenvalue weighted by molar-refractivity contribution is -0.142. The van der Waals surface area contributed by atoms with Gasteiger partial charge in [-0.05, 0) is 55.0 Å². The van der Waals surface area contributed by atoms with E-state index in [2.05, 4.69) is 4.57 Å². The van der Waals surface area contributed by atoms with E-state index in [0.29, 0.717) is 18.2 Å². The summed E-state index contributed by atoms with van der Waals surface area (Å²) >= 11 is 6.06. The number of aliphatic imine (C=N–C) groups is 1. The highest BCUT2D eigenvalue weighted by atomic mass is 35.5. The van der Waals surface area contributed by atoms with Crippen LogP contribution >= 0.6 is 24.0 Å². The number of esters is 1. The van der Waals surface area contributed by atoms with Gasteiger partial charge < -0.3 is 9.47 Å². The maximum absolute atomic E-state index is 12.3. The molecule has 0 N–H and O–H groups in total. The van der Waals surface area contributed by atoms with Crippen LogP contribution in [0.15, 0.2) is 47.5 Å². The number of hydrogen-bond acceptors (Lipinski definition) is 4. The van der Waals surface area contributed by atoms with E-state index in [4.69, 9.17) is 26.1 Å². The van der Waals surface area contributed by atoms with Gasteiger partial charge in [-0.3, -0.25) is 14.4 Å². The van der Waals surface area contributed by atoms with Crippen LogP contribution in [0.1, 0.15) is 23.7 Å². The summed E-state index contributed by atoms with van der Waals surface area (Å²) in [6.45, 7) is 2.86. The zero-order valence-corrected chi connectivity index (χ0v) is 17.8. The monoisotopic (exact) mass is 432 g/mol. The molecular weight excluding hydrogens is 411 g/mol. The zero-order valence-electron chi connectivity index (χ0n) is 16.3. The van der Waals surface area contributed by atoms with Gasteiger partial charge in [-0.15, -0.1) is 12.4 Å². The maximum Gasteiger partial charge on any atom is 0.310 e. The number of ether oxygens (including phenoxy) is 2. The highest BCUT2D eigenvalue weighted by molar-refractivity contribution is 6.30. The van der Waals surface area contributed by atoms with E-state index in [1.807, 2.05) is 49.4 Å². The number of rotatable bonds is 5. The fraction of sp³-hybridized carbons (Fsp3) is 0.273. The molecule has 0 saturated carbocycles. The van der Waals surface area contributed by atoms with Crippen LogP contribution in [0.2, 0.25) is 5.02 Å². The van der Waals surface area contributed by atoms with Crippen molar-refractivity contribution in [2.45, 2.75) is 19.8 Å². The van der Waals surface area contributed by atoms with Crippen molar-refractivity contribution in [2.75, 3.05) is 20.3 Å². The first-order valence-electron chi connectivity index (χ1n) is 9.29. The molecule has 0 spiro atoms. The topological polar surface area (TPSA) is 52.8 Å². The predicted molar refractivity (Wildman–Crippen MR) is 118 cm³/mol. The third-order valence-corrected chi connectivity index (χ3v) is 5.19. The van der Waals surface area contributed by atoms with E-state index in [9.17, 15) is 4.79 Å². The lowest BCUT2D eigenvalue weighted by Crippen LogP contribution is -2.23. The quantitative estimate of drug-likeness (QED) is 0.549. The van der Waals surface area contributed by atoms with E-state index in [0.717, 1.165) is 45.7 Å². The molecule has 0 unspecified atom stereocenters. The summed E-state index contributed by atoms with van der Waals surface area (Å²) in [5.74, 6) is 1.39. The lowest BCUT2D eigenvalue weighted by atomic mass is 10.0. The van der Waals surface area contributed by atoms with Crippen molar-refractivity contribution in [3.8, 4) is 5.75 Å². The first kappa shape index (κ1) is 21.2. The minimum Gasteiger partial charge on any atom is -0.497 e. The number of carbonyl (C=O) groups is 1. The van der Waals surface area contributed by atoms with E-state index in [1.54, 1.807) is 7.11 Å². The molecule has 0 amide bonds. The second-order valence-electron chi connectivity index (χ2n) is 6.59. The third-order valence-electron chi connectivity index (χ3n) is 4.94. The van der Waals surface area contributed by atoms with Gasteiger partial charge in [0.05, 0.1) is 25.7 Å². The Labute approximate surface area is 180 Å². The van der Waals surface area contributed by atoms with Crippen LogP contribution in [0.3, 0.4) is 0 Å². The van der Waals surface area contributed by atoms with Gasteiger partial charge >= 0.3 is 5.97 Å². The van der Waals surface area contributed by atoms with Crippen molar-refractivity contribution in [1.82, 2.24) is 4.57 Å². The van der Waals surface area contributed by atoms with Crippen LogP contribution in [0.25, 0.3) is 10.9 Å². The third kappa shape index (κ3) is 3.98. The largest absolute Gasteiger partial charge is 0.497 e. The van der Waals surface area contributed by atoms with Gasteiger partial charge in [0.15, 0.2) is 0 Å². The molecule has 29 heavy (non-hydrogen) atoms. The van der Waals surface area contributed by atoms with Crippen LogP contribution in [0.5, 0.6) is 5.75 Å². The lowest BCUT2D eigenvalue weighted by Gasteiger charge is -2.19. The Balaban J connectivity index is 0.00000240. The van der Waals surface area contributed by atoms with Crippen LogP contribution < -0.4 is 4.74 Å². The molecular formula is C22H22Cl2N2O3. The summed E-state index contributed by atoms with van der Waals surface area (Å²) in [4.78, 5) is 17.1. The van der Waals surface area contributed by atoms with Crippen LogP contribution in [0.4, 0.5) is 0 Å². The molecule has 1 aliphatic heterocycles. The average Bonchev–Trinajstić information content (AvgIpc) is 3.02. The standard InChI is InChI=1S/C22H21ClN2O3.ClH/c1-3-28-21(26)13-18-17-12-16(27-2)8-9-19(17)25-20(18)10-11-24-22(25)14-4-6-15(23)7-5-14;/h4-9,12H,3,10-11,13H2,1-2H3;1H. The molecule has 7 heteroatoms. The summed E-state index contributed by atoms with van der Waals surface area (Å²) < 4.78 is 12.8. The van der Waals surface area contributed by atoms with Crippen LogP contribution in [0, 0.1) is 0 Å². The van der Waals surface area contributed by atoms with Crippen LogP contribution in [-0.2, 0) is 22.4 Å². The van der Waals surface area contributed by atoms with Gasteiger partial charge in [0.2, 0.25) is 0 Å². The summed E-state index contributed by atoms with van der Waals surface area (Å²) in [6, 6.07) is 13.6. The number of nitrogens with zero attached hydrogens (tertiary/aromatic N) is 2. The fourth-order valence-electron chi connectivity index (χ4n) is 3.73. The maximum atomic E-state index is 12.3. The van der Waals surface area contributed by atoms with Gasteiger partial charge in [0.1, 0.15) is 11.6 Å². The Morgan fingerprint density at radius 1 is 1.21 bits per heavy atom. The van der Waals surface area contributed by atoms with Crippen molar-refractivity contribution in [3.63, 3.8) is 0 Å². The number of methoxy groups -OCH3 is 1. The van der Waals surface area contributed by atoms with Crippen molar-refractivity contribution in [2.24, 2.45) is 4.99 Å². The number of fused-ring (bicyclic) bond motifs is 3. The Morgan fingerprint density at radius 3 is 2.66 bits per heavy atom. The molecule has 0 aliphatic carbocycles. The number of carbonyl (C=O) groups excluding carboxylic acids is 1. The molecule has 2 heterocycles. The summed E-state index contributed by atoms with van der Waals surface area (Å²) in [6.07, 6.45) is 0.997. The molecule has 4 rings (SSSR count). The molecule has 5 nitrogen and oxygen atoms in total. The first-order valence-corrected chi connectivity index (χ1v) is 9.66. The Morgan fingerprint density at radius 2 is 1.97 bits per heavy atom. The molecule has 3 aromatic rings. The van der Waals surface area contributed by atoms with Gasteiger partial charge in [0.25, 0.3) is 0 Å². The molecule has 0 radical (unpaired) electrons. The second-order valence-corrected chi connectivity index (χ2v) is 7.02. The van der Waals surface area contributed by atoms with E-state index >= 15 is 0 Å². The normalized spacial score (nSPS) is 12.7. The highest BCUT2D eigenvalue weighted by Gasteiger charge is 2.25. The van der Waals surface area contributed by atoms with Crippen molar-refractivity contribution in [1.29, 1.82) is 0 Å². The minimum atomic E-state index is -0.226. The predicted octanol–water partition coefficient (Wildman–Crippen LogP) is 4.68. The van der Waals surface area contributed by atoms with Gasteiger partial charge in [-0.25, -0.2) is 0 Å². The Hall–Kier alpha value is -2.50. The molecule has 1 aromatic heterocycles. The summed E-state index contributed by atoms with van der Waals surface area (Å²) in [7, 11) is 1.64. The number of aromatic nitrogens is 1. The summed E-state index contributed by atoms with van der Waals surface area (Å²) in [5, 5.41) is 1.68. The zero-order chi connectivity index (χ0) is 19.7. The van der Waals surface area contributed by atoms with Gasteiger partial charge in [-0.2, -0.15) is 0 Å². The number of halogens is 2. The van der Waals surface area contributed by atoms with Crippen molar-refractivity contribution in [3.05, 3.63) is 64.3 Å². The molecule has 0 fully saturated rings. The number of hydrogen-bond donors (Lipinski definition) is 0. The van der Waals surface area contributed by atoms with Crippen molar-refractivity contribution < 1.29 is 14.3 Å². The Bertz CT molecular complexity index is 1070. The highest BCUT2D eigenvalue weighted by Crippen LogP contribution is 2.33. The smallest absolute Gasteiger partial charge is 0.310 e. The van der Waals surface area contributed by atoms with Crippen LogP contribution in [-0.4, -0.2) is 36.6 Å². The molecule has 2 aromatic carbocycles. The molecule has 0 saturated heterocycles. The van der Waals surface area contributed by atoms with Crippen molar-refractivity contribution >= 4 is 46.7 Å². The molecule has 152 valence electrons. The first-order chi connectivity index (χ1) is 13.6. The average molecular weight is 433 g/mol. The van der Waals surface area contributed by atoms with E-state index in [1.165, 1.54) is 0 Å². The molecule has 0 atom stereocenters. The fourth-order valence-corrected chi connectivity index (χ4v) is 3.86. The minimum absolute atomic E-state index is 0. The van der Waals surface area contributed by atoms with Gasteiger partial charge in [0, 0.05) is 34.6 Å². The van der Waals surface area contributed by atoms with E-state index < -0.39 is 0 Å². The number of benzene rings is 2. The second kappa shape index (κ2) is 8.89. The SMILES string of the molecule is CCOC(=O)Cc1c2n(c3ccc(OC)cc13)C(c1ccc(Cl)cc1)=NCC2.Cl.